The molecule has 1 N–H and O–H groups in total. The summed E-state index contributed by atoms with van der Waals surface area (Å²) in [5.41, 5.74) is 0.827. The van der Waals surface area contributed by atoms with Gasteiger partial charge in [0.1, 0.15) is 6.26 Å². The predicted molar refractivity (Wildman–Crippen MR) is 85.4 cm³/mol. The Hall–Kier alpha value is -2.68. The first-order chi connectivity index (χ1) is 11.3. The van der Waals surface area contributed by atoms with E-state index in [1.54, 1.807) is 19.1 Å². The van der Waals surface area contributed by atoms with Crippen molar-refractivity contribution in [1.29, 1.82) is 0 Å². The molecule has 1 aromatic heterocycles. The SMILES string of the molecule is CCOC(=O)c1coc(NC(=O)c2ccc(CS(C)(=O)=O)cc2)n1. The Balaban J connectivity index is 2.03. The van der Waals surface area contributed by atoms with Crippen LogP contribution in [-0.4, -0.2) is 38.1 Å². The van der Waals surface area contributed by atoms with Crippen molar-refractivity contribution in [3.05, 3.63) is 47.3 Å². The van der Waals surface area contributed by atoms with E-state index in [4.69, 9.17) is 9.15 Å². The van der Waals surface area contributed by atoms with E-state index in [0.717, 1.165) is 12.5 Å². The molecule has 2 aromatic rings. The molecule has 0 unspecified atom stereocenters. The van der Waals surface area contributed by atoms with E-state index >= 15 is 0 Å². The van der Waals surface area contributed by atoms with E-state index in [-0.39, 0.29) is 24.1 Å². The largest absolute Gasteiger partial charge is 0.461 e. The van der Waals surface area contributed by atoms with Gasteiger partial charge in [-0.05, 0) is 24.6 Å². The highest BCUT2D eigenvalue weighted by Crippen LogP contribution is 2.12. The molecule has 1 amide bonds. The molecule has 8 nitrogen and oxygen atoms in total. The normalized spacial score (nSPS) is 11.1. The van der Waals surface area contributed by atoms with Crippen LogP contribution in [0.1, 0.15) is 33.3 Å². The molecule has 0 fully saturated rings. The van der Waals surface area contributed by atoms with Gasteiger partial charge in [0.15, 0.2) is 15.5 Å². The molecule has 128 valence electrons. The number of carbonyl (C=O) groups excluding carboxylic acids is 2. The highest BCUT2D eigenvalue weighted by atomic mass is 32.2. The number of anilines is 1. The number of nitrogens with one attached hydrogen (secondary N) is 1. The summed E-state index contributed by atoms with van der Waals surface area (Å²) >= 11 is 0. The average molecular weight is 352 g/mol. The van der Waals surface area contributed by atoms with Crippen LogP contribution in [0, 0.1) is 0 Å². The van der Waals surface area contributed by atoms with Crippen molar-refractivity contribution in [2.24, 2.45) is 0 Å². The summed E-state index contributed by atoms with van der Waals surface area (Å²) in [5.74, 6) is -1.25. The van der Waals surface area contributed by atoms with Gasteiger partial charge < -0.3 is 9.15 Å². The third-order valence-corrected chi connectivity index (χ3v) is 3.71. The van der Waals surface area contributed by atoms with Crippen LogP contribution in [0.2, 0.25) is 0 Å². The maximum Gasteiger partial charge on any atom is 0.360 e. The molecular weight excluding hydrogens is 336 g/mol. The smallest absolute Gasteiger partial charge is 0.360 e. The van der Waals surface area contributed by atoms with E-state index < -0.39 is 21.7 Å². The molecule has 0 spiro atoms. The van der Waals surface area contributed by atoms with Gasteiger partial charge in [0.05, 0.1) is 12.4 Å². The monoisotopic (exact) mass is 352 g/mol. The maximum absolute atomic E-state index is 12.1. The van der Waals surface area contributed by atoms with Gasteiger partial charge in [0.25, 0.3) is 5.91 Å². The van der Waals surface area contributed by atoms with Gasteiger partial charge in [-0.2, -0.15) is 4.98 Å². The Bertz CT molecular complexity index is 839. The van der Waals surface area contributed by atoms with Crippen molar-refractivity contribution in [2.45, 2.75) is 12.7 Å². The predicted octanol–water partition coefficient (Wildman–Crippen LogP) is 1.65. The minimum atomic E-state index is -3.14. The number of carbonyl (C=O) groups is 2. The standard InChI is InChI=1S/C15H16N2O6S/c1-3-22-14(19)12-8-23-15(16-12)17-13(18)11-6-4-10(5-7-11)9-24(2,20)21/h4-8H,3,9H2,1-2H3,(H,16,17,18). The molecule has 0 atom stereocenters. The number of benzene rings is 1. The highest BCUT2D eigenvalue weighted by Gasteiger charge is 2.15. The molecule has 1 heterocycles. The van der Waals surface area contributed by atoms with Gasteiger partial charge in [-0.25, -0.2) is 13.2 Å². The maximum atomic E-state index is 12.1. The van der Waals surface area contributed by atoms with Gasteiger partial charge in [-0.3, -0.25) is 10.1 Å². The second kappa shape index (κ2) is 7.26. The first kappa shape index (κ1) is 17.7. The van der Waals surface area contributed by atoms with Gasteiger partial charge in [0.2, 0.25) is 0 Å². The topological polar surface area (TPSA) is 116 Å². The van der Waals surface area contributed by atoms with Crippen molar-refractivity contribution >= 4 is 27.7 Å². The highest BCUT2D eigenvalue weighted by molar-refractivity contribution is 7.89. The summed E-state index contributed by atoms with van der Waals surface area (Å²) in [6.45, 7) is 1.86. The minimum absolute atomic E-state index is 0.0457. The van der Waals surface area contributed by atoms with Crippen LogP contribution < -0.4 is 5.32 Å². The van der Waals surface area contributed by atoms with Crippen molar-refractivity contribution < 1.29 is 27.2 Å². The Morgan fingerprint density at radius 2 is 1.92 bits per heavy atom. The second-order valence-corrected chi connectivity index (χ2v) is 7.12. The third-order valence-electron chi connectivity index (χ3n) is 2.85. The Morgan fingerprint density at radius 1 is 1.25 bits per heavy atom. The Kier molecular flexibility index (Phi) is 5.35. The van der Waals surface area contributed by atoms with Gasteiger partial charge in [-0.1, -0.05) is 12.1 Å². The lowest BCUT2D eigenvalue weighted by atomic mass is 10.1. The van der Waals surface area contributed by atoms with Crippen LogP contribution in [-0.2, 0) is 20.3 Å². The zero-order valence-electron chi connectivity index (χ0n) is 13.1. The van der Waals surface area contributed by atoms with Crippen LogP contribution in [0.3, 0.4) is 0 Å². The summed E-state index contributed by atoms with van der Waals surface area (Å²) < 4.78 is 32.2. The fourth-order valence-electron chi connectivity index (χ4n) is 1.85. The van der Waals surface area contributed by atoms with E-state index in [2.05, 4.69) is 10.3 Å². The Morgan fingerprint density at radius 3 is 2.50 bits per heavy atom. The van der Waals surface area contributed by atoms with E-state index in [0.29, 0.717) is 11.1 Å². The number of ether oxygens (including phenoxy) is 1. The molecule has 0 saturated carbocycles. The number of hydrogen-bond acceptors (Lipinski definition) is 7. The number of hydrogen-bond donors (Lipinski definition) is 1. The number of esters is 1. The van der Waals surface area contributed by atoms with Gasteiger partial charge in [0, 0.05) is 11.8 Å². The molecule has 0 radical (unpaired) electrons. The number of sulfone groups is 1. The molecule has 0 aliphatic heterocycles. The first-order valence-electron chi connectivity index (χ1n) is 6.99. The van der Waals surface area contributed by atoms with Crippen molar-refractivity contribution in [3.8, 4) is 0 Å². The molecule has 1 aromatic carbocycles. The van der Waals surface area contributed by atoms with Crippen molar-refractivity contribution in [3.63, 3.8) is 0 Å². The lowest BCUT2D eigenvalue weighted by Crippen LogP contribution is -2.13. The summed E-state index contributed by atoms with van der Waals surface area (Å²) in [6, 6.07) is 5.95. The molecular formula is C15H16N2O6S. The number of oxazole rings is 1. The fraction of sp³-hybridized carbons (Fsp3) is 0.267. The quantitative estimate of drug-likeness (QED) is 0.786. The van der Waals surface area contributed by atoms with Crippen LogP contribution in [0.25, 0.3) is 0 Å². The van der Waals surface area contributed by atoms with E-state index in [1.165, 1.54) is 12.1 Å². The average Bonchev–Trinajstić information content (AvgIpc) is 2.95. The number of aromatic nitrogens is 1. The lowest BCUT2D eigenvalue weighted by molar-refractivity contribution is 0.0519. The molecule has 0 aliphatic rings. The number of rotatable bonds is 6. The van der Waals surface area contributed by atoms with Crippen LogP contribution in [0.15, 0.2) is 34.9 Å². The molecule has 0 bridgehead atoms. The summed E-state index contributed by atoms with van der Waals surface area (Å²) in [7, 11) is -3.14. The summed E-state index contributed by atoms with van der Waals surface area (Å²) in [6.07, 6.45) is 2.22. The van der Waals surface area contributed by atoms with Gasteiger partial charge in [-0.15, -0.1) is 0 Å². The first-order valence-corrected chi connectivity index (χ1v) is 9.05. The zero-order chi connectivity index (χ0) is 17.7. The minimum Gasteiger partial charge on any atom is -0.461 e. The number of nitrogens with zero attached hydrogens (tertiary/aromatic N) is 1. The second-order valence-electron chi connectivity index (χ2n) is 4.98. The van der Waals surface area contributed by atoms with Gasteiger partial charge >= 0.3 is 12.0 Å². The molecule has 0 saturated heterocycles. The molecule has 0 aliphatic carbocycles. The molecule has 24 heavy (non-hydrogen) atoms. The number of amides is 1. The van der Waals surface area contributed by atoms with E-state index in [1.807, 2.05) is 0 Å². The van der Waals surface area contributed by atoms with Crippen LogP contribution in [0.5, 0.6) is 0 Å². The zero-order valence-corrected chi connectivity index (χ0v) is 13.9. The van der Waals surface area contributed by atoms with Crippen molar-refractivity contribution in [2.75, 3.05) is 18.2 Å². The Labute approximate surface area is 138 Å². The fourth-order valence-corrected chi connectivity index (χ4v) is 2.65. The lowest BCUT2D eigenvalue weighted by Gasteiger charge is -2.03. The third kappa shape index (κ3) is 4.92. The van der Waals surface area contributed by atoms with E-state index in [9.17, 15) is 18.0 Å². The van der Waals surface area contributed by atoms with Crippen LogP contribution >= 0.6 is 0 Å². The summed E-state index contributed by atoms with van der Waals surface area (Å²) in [4.78, 5) is 27.3. The summed E-state index contributed by atoms with van der Waals surface area (Å²) in [5, 5.41) is 2.40. The van der Waals surface area contributed by atoms with Crippen LogP contribution in [0.4, 0.5) is 6.01 Å². The molecule has 9 heteroatoms. The van der Waals surface area contributed by atoms with Crippen molar-refractivity contribution in [1.82, 2.24) is 4.98 Å². The molecule has 2 rings (SSSR count).